The van der Waals surface area contributed by atoms with Crippen molar-refractivity contribution < 1.29 is 9.15 Å². The van der Waals surface area contributed by atoms with E-state index >= 15 is 0 Å². The van der Waals surface area contributed by atoms with Gasteiger partial charge in [-0.2, -0.15) is 0 Å². The maximum Gasteiger partial charge on any atom is 0.315 e. The van der Waals surface area contributed by atoms with Crippen LogP contribution in [0.3, 0.4) is 0 Å². The van der Waals surface area contributed by atoms with Crippen LogP contribution >= 0.6 is 0 Å². The molecule has 1 atom stereocenters. The number of aromatic nitrogens is 2. The molecule has 0 aromatic carbocycles. The molecule has 0 radical (unpaired) electrons. The molecule has 0 aliphatic rings. The topological polar surface area (TPSA) is 86.2 Å². The fourth-order valence-electron chi connectivity index (χ4n) is 1.08. The van der Waals surface area contributed by atoms with Gasteiger partial charge >= 0.3 is 6.01 Å². The van der Waals surface area contributed by atoms with Gasteiger partial charge in [-0.05, 0) is 13.8 Å². The van der Waals surface area contributed by atoms with E-state index in [0.29, 0.717) is 38.1 Å². The number of nitrogens with zero attached hydrogens (tertiary/aromatic N) is 2. The molecule has 1 rings (SSSR count). The molecule has 6 nitrogen and oxygen atoms in total. The van der Waals surface area contributed by atoms with Crippen molar-refractivity contribution in [2.24, 2.45) is 5.73 Å². The number of nitrogens with one attached hydrogen (secondary N) is 1. The van der Waals surface area contributed by atoms with Crippen LogP contribution in [0.4, 0.5) is 6.01 Å². The largest absolute Gasteiger partial charge is 0.408 e. The molecule has 86 valence electrons. The Balaban J connectivity index is 2.35. The first-order chi connectivity index (χ1) is 7.26. The Kier molecular flexibility index (Phi) is 5.06. The molecule has 0 fully saturated rings. The number of anilines is 1. The molecule has 0 spiro atoms. The van der Waals surface area contributed by atoms with Crippen LogP contribution in [0.5, 0.6) is 0 Å². The van der Waals surface area contributed by atoms with Crippen LogP contribution in [0.2, 0.25) is 0 Å². The molecule has 1 unspecified atom stereocenters. The fraction of sp³-hybridized carbons (Fsp3) is 0.778. The van der Waals surface area contributed by atoms with Gasteiger partial charge in [0, 0.05) is 19.6 Å². The molecule has 1 aromatic rings. The standard InChI is InChI=1S/C9H18N4O2/c1-3-14-6-7(2)11-9-13-12-8(15-9)4-5-10/h7H,3-6,10H2,1-2H3,(H,11,13). The minimum absolute atomic E-state index is 0.149. The van der Waals surface area contributed by atoms with E-state index in [0.717, 1.165) is 0 Å². The minimum atomic E-state index is 0.149. The van der Waals surface area contributed by atoms with E-state index in [9.17, 15) is 0 Å². The summed E-state index contributed by atoms with van der Waals surface area (Å²) in [6.07, 6.45) is 0.606. The van der Waals surface area contributed by atoms with E-state index < -0.39 is 0 Å². The zero-order chi connectivity index (χ0) is 11.1. The van der Waals surface area contributed by atoms with Crippen LogP contribution in [0.25, 0.3) is 0 Å². The van der Waals surface area contributed by atoms with Gasteiger partial charge in [0.2, 0.25) is 5.89 Å². The molecular formula is C9H18N4O2. The summed E-state index contributed by atoms with van der Waals surface area (Å²) in [7, 11) is 0. The molecule has 3 N–H and O–H groups in total. The van der Waals surface area contributed by atoms with Crippen LogP contribution in [0.1, 0.15) is 19.7 Å². The van der Waals surface area contributed by atoms with E-state index in [1.807, 2.05) is 13.8 Å². The lowest BCUT2D eigenvalue weighted by Gasteiger charge is -2.10. The summed E-state index contributed by atoms with van der Waals surface area (Å²) in [4.78, 5) is 0. The van der Waals surface area contributed by atoms with Crippen LogP contribution in [0.15, 0.2) is 4.42 Å². The lowest BCUT2D eigenvalue weighted by atomic mass is 10.4. The van der Waals surface area contributed by atoms with Crippen molar-refractivity contribution in [2.75, 3.05) is 25.1 Å². The Morgan fingerprint density at radius 1 is 1.53 bits per heavy atom. The third-order valence-electron chi connectivity index (χ3n) is 1.77. The van der Waals surface area contributed by atoms with Gasteiger partial charge in [-0.1, -0.05) is 5.10 Å². The van der Waals surface area contributed by atoms with Gasteiger partial charge in [0.1, 0.15) is 0 Å². The SMILES string of the molecule is CCOCC(C)Nc1nnc(CCN)o1. The minimum Gasteiger partial charge on any atom is -0.408 e. The van der Waals surface area contributed by atoms with Crippen LogP contribution in [-0.4, -0.2) is 36.0 Å². The number of hydrogen-bond acceptors (Lipinski definition) is 6. The van der Waals surface area contributed by atoms with E-state index in [1.165, 1.54) is 0 Å². The first kappa shape index (κ1) is 11.9. The first-order valence-electron chi connectivity index (χ1n) is 5.13. The second-order valence-corrected chi connectivity index (χ2v) is 3.24. The summed E-state index contributed by atoms with van der Waals surface area (Å²) in [5, 5.41) is 10.7. The molecule has 0 saturated heterocycles. The van der Waals surface area contributed by atoms with Gasteiger partial charge in [0.15, 0.2) is 0 Å². The number of hydrogen-bond donors (Lipinski definition) is 2. The maximum atomic E-state index is 5.37. The molecule has 0 saturated carbocycles. The predicted molar refractivity (Wildman–Crippen MR) is 56.6 cm³/mol. The molecule has 15 heavy (non-hydrogen) atoms. The van der Waals surface area contributed by atoms with E-state index in [1.54, 1.807) is 0 Å². The lowest BCUT2D eigenvalue weighted by molar-refractivity contribution is 0.140. The van der Waals surface area contributed by atoms with Crippen LogP contribution < -0.4 is 11.1 Å². The third-order valence-corrected chi connectivity index (χ3v) is 1.77. The van der Waals surface area contributed by atoms with Crippen molar-refractivity contribution in [3.05, 3.63) is 5.89 Å². The number of rotatable bonds is 7. The average Bonchev–Trinajstić information content (AvgIpc) is 2.63. The highest BCUT2D eigenvalue weighted by Gasteiger charge is 2.08. The Morgan fingerprint density at radius 2 is 2.33 bits per heavy atom. The van der Waals surface area contributed by atoms with Gasteiger partial charge in [0.25, 0.3) is 0 Å². The first-order valence-corrected chi connectivity index (χ1v) is 5.13. The molecule has 6 heteroatoms. The Labute approximate surface area is 89.2 Å². The third kappa shape index (κ3) is 4.26. The van der Waals surface area contributed by atoms with Crippen LogP contribution in [0, 0.1) is 0 Å². The number of nitrogens with two attached hydrogens (primary N) is 1. The molecule has 0 aliphatic carbocycles. The zero-order valence-corrected chi connectivity index (χ0v) is 9.19. The van der Waals surface area contributed by atoms with Crippen molar-refractivity contribution in [3.8, 4) is 0 Å². The normalized spacial score (nSPS) is 12.7. The summed E-state index contributed by atoms with van der Waals surface area (Å²) in [6.45, 7) is 5.77. The molecule has 0 amide bonds. The molecule has 0 bridgehead atoms. The quantitative estimate of drug-likeness (QED) is 0.683. The smallest absolute Gasteiger partial charge is 0.315 e. The van der Waals surface area contributed by atoms with Gasteiger partial charge in [-0.3, -0.25) is 0 Å². The second kappa shape index (κ2) is 6.36. The van der Waals surface area contributed by atoms with Crippen molar-refractivity contribution >= 4 is 6.01 Å². The van der Waals surface area contributed by atoms with Crippen molar-refractivity contribution in [2.45, 2.75) is 26.3 Å². The molecule has 1 heterocycles. The Morgan fingerprint density at radius 3 is 3.00 bits per heavy atom. The van der Waals surface area contributed by atoms with Gasteiger partial charge < -0.3 is 20.2 Å². The number of ether oxygens (including phenoxy) is 1. The van der Waals surface area contributed by atoms with Crippen molar-refractivity contribution in [1.29, 1.82) is 0 Å². The zero-order valence-electron chi connectivity index (χ0n) is 9.19. The highest BCUT2D eigenvalue weighted by atomic mass is 16.5. The van der Waals surface area contributed by atoms with Crippen LogP contribution in [-0.2, 0) is 11.2 Å². The summed E-state index contributed by atoms with van der Waals surface area (Å²) in [5.74, 6) is 0.559. The lowest BCUT2D eigenvalue weighted by Crippen LogP contribution is -2.21. The molecular weight excluding hydrogens is 196 g/mol. The van der Waals surface area contributed by atoms with Gasteiger partial charge in [-0.15, -0.1) is 5.10 Å². The Hall–Kier alpha value is -1.14. The van der Waals surface area contributed by atoms with E-state index in [4.69, 9.17) is 14.9 Å². The predicted octanol–water partition coefficient (Wildman–Crippen LogP) is 0.408. The van der Waals surface area contributed by atoms with E-state index in [2.05, 4.69) is 15.5 Å². The summed E-state index contributed by atoms with van der Waals surface area (Å²) in [6, 6.07) is 0.571. The maximum absolute atomic E-state index is 5.37. The van der Waals surface area contributed by atoms with Crippen molar-refractivity contribution in [3.63, 3.8) is 0 Å². The van der Waals surface area contributed by atoms with Gasteiger partial charge in [-0.25, -0.2) is 0 Å². The van der Waals surface area contributed by atoms with E-state index in [-0.39, 0.29) is 6.04 Å². The molecule has 1 aromatic heterocycles. The summed E-state index contributed by atoms with van der Waals surface area (Å²) < 4.78 is 10.6. The monoisotopic (exact) mass is 214 g/mol. The van der Waals surface area contributed by atoms with Gasteiger partial charge in [0.05, 0.1) is 12.6 Å². The second-order valence-electron chi connectivity index (χ2n) is 3.24. The highest BCUT2D eigenvalue weighted by Crippen LogP contribution is 2.07. The summed E-state index contributed by atoms with van der Waals surface area (Å²) >= 11 is 0. The average molecular weight is 214 g/mol. The fourth-order valence-corrected chi connectivity index (χ4v) is 1.08. The molecule has 0 aliphatic heterocycles. The van der Waals surface area contributed by atoms with Crippen molar-refractivity contribution in [1.82, 2.24) is 10.2 Å². The summed E-state index contributed by atoms with van der Waals surface area (Å²) in [5.41, 5.74) is 5.37. The highest BCUT2D eigenvalue weighted by molar-refractivity contribution is 5.18. The Bertz CT molecular complexity index is 277.